The van der Waals surface area contributed by atoms with Gasteiger partial charge in [-0.05, 0) is 49.8 Å². The van der Waals surface area contributed by atoms with E-state index in [9.17, 15) is 4.79 Å². The molecule has 0 amide bonds. The van der Waals surface area contributed by atoms with Gasteiger partial charge in [0.15, 0.2) is 0 Å². The van der Waals surface area contributed by atoms with Gasteiger partial charge in [-0.3, -0.25) is 4.79 Å². The Kier molecular flexibility index (Phi) is 7.17. The van der Waals surface area contributed by atoms with Crippen molar-refractivity contribution < 1.29 is 14.3 Å². The molecule has 0 bridgehead atoms. The van der Waals surface area contributed by atoms with Crippen molar-refractivity contribution >= 4 is 5.97 Å². The molecular formula is C16H18O3. The lowest BCUT2D eigenvalue weighted by atomic mass is 10.1. The zero-order valence-electron chi connectivity index (χ0n) is 11.3. The van der Waals surface area contributed by atoms with Gasteiger partial charge in [-0.25, -0.2) is 0 Å². The number of esters is 1. The maximum atomic E-state index is 11.0. The van der Waals surface area contributed by atoms with E-state index in [1.807, 2.05) is 19.1 Å². The van der Waals surface area contributed by atoms with Crippen molar-refractivity contribution in [3.63, 3.8) is 0 Å². The highest BCUT2D eigenvalue weighted by molar-refractivity contribution is 5.66. The van der Waals surface area contributed by atoms with E-state index >= 15 is 0 Å². The van der Waals surface area contributed by atoms with E-state index in [0.29, 0.717) is 6.61 Å². The van der Waals surface area contributed by atoms with Crippen molar-refractivity contribution in [2.45, 2.75) is 38.9 Å². The van der Waals surface area contributed by atoms with Gasteiger partial charge in [0.2, 0.25) is 0 Å². The number of hydrogen-bond donors (Lipinski definition) is 0. The van der Waals surface area contributed by atoms with Crippen LogP contribution >= 0.6 is 0 Å². The minimum Gasteiger partial charge on any atom is -0.459 e. The molecule has 0 aromatic rings. The largest absolute Gasteiger partial charge is 0.459 e. The molecule has 3 nitrogen and oxygen atoms in total. The second-order valence-electron chi connectivity index (χ2n) is 4.02. The first kappa shape index (κ1) is 15.1. The van der Waals surface area contributed by atoms with Crippen LogP contribution in [0.1, 0.15) is 26.7 Å². The summed E-state index contributed by atoms with van der Waals surface area (Å²) in [6.07, 6.45) is 8.40. The van der Waals surface area contributed by atoms with Crippen molar-refractivity contribution in [2.24, 2.45) is 0 Å². The van der Waals surface area contributed by atoms with Crippen LogP contribution in [0.5, 0.6) is 0 Å². The molecule has 1 aliphatic rings. The highest BCUT2D eigenvalue weighted by Crippen LogP contribution is 2.18. The van der Waals surface area contributed by atoms with Gasteiger partial charge in [0.1, 0.15) is 12.2 Å². The number of carbonyl (C=O) groups is 1. The standard InChI is InChI=1S/C16H18O3/c1-3-4-5-6-7-8-9-11-15-16(19-14(2)17)12-10-13-18-15/h3-4,9,11,15-16H,10,12-13H2,1-2H3/b4-3+,11-9+/t15-,16-/m1/s1. The summed E-state index contributed by atoms with van der Waals surface area (Å²) < 4.78 is 10.8. The van der Waals surface area contributed by atoms with E-state index in [0.717, 1.165) is 12.8 Å². The van der Waals surface area contributed by atoms with E-state index < -0.39 is 0 Å². The summed E-state index contributed by atoms with van der Waals surface area (Å²) in [4.78, 5) is 11.0. The molecule has 0 spiro atoms. The molecule has 1 saturated heterocycles. The number of hydrogen-bond acceptors (Lipinski definition) is 3. The van der Waals surface area contributed by atoms with E-state index in [4.69, 9.17) is 9.47 Å². The summed E-state index contributed by atoms with van der Waals surface area (Å²) in [7, 11) is 0. The molecule has 1 aliphatic heterocycles. The third-order valence-electron chi connectivity index (χ3n) is 2.45. The van der Waals surface area contributed by atoms with E-state index in [1.165, 1.54) is 6.92 Å². The van der Waals surface area contributed by atoms with Crippen molar-refractivity contribution in [3.05, 3.63) is 24.3 Å². The van der Waals surface area contributed by atoms with Gasteiger partial charge in [0, 0.05) is 13.5 Å². The fourth-order valence-electron chi connectivity index (χ4n) is 1.68. The molecule has 1 rings (SSSR count). The van der Waals surface area contributed by atoms with E-state index in [-0.39, 0.29) is 18.2 Å². The number of ether oxygens (including phenoxy) is 2. The summed E-state index contributed by atoms with van der Waals surface area (Å²) in [5.74, 6) is 10.7. The molecule has 0 radical (unpaired) electrons. The number of carbonyl (C=O) groups excluding carboxylic acids is 1. The smallest absolute Gasteiger partial charge is 0.303 e. The monoisotopic (exact) mass is 258 g/mol. The minimum atomic E-state index is -0.280. The molecule has 0 saturated carbocycles. The second-order valence-corrected chi connectivity index (χ2v) is 4.02. The van der Waals surface area contributed by atoms with Gasteiger partial charge in [-0.2, -0.15) is 0 Å². The van der Waals surface area contributed by atoms with Gasteiger partial charge in [0.05, 0.1) is 0 Å². The summed E-state index contributed by atoms with van der Waals surface area (Å²) >= 11 is 0. The van der Waals surface area contributed by atoms with Crippen LogP contribution in [0.4, 0.5) is 0 Å². The van der Waals surface area contributed by atoms with Crippen LogP contribution in [0.2, 0.25) is 0 Å². The van der Waals surface area contributed by atoms with Crippen LogP contribution in [-0.2, 0) is 14.3 Å². The summed E-state index contributed by atoms with van der Waals surface area (Å²) in [6.45, 7) is 3.99. The molecule has 0 unspecified atom stereocenters. The van der Waals surface area contributed by atoms with Crippen LogP contribution in [-0.4, -0.2) is 24.8 Å². The molecule has 19 heavy (non-hydrogen) atoms. The predicted octanol–water partition coefficient (Wildman–Crippen LogP) is 2.24. The van der Waals surface area contributed by atoms with Gasteiger partial charge in [0.25, 0.3) is 0 Å². The molecule has 2 atom stereocenters. The summed E-state index contributed by atoms with van der Waals surface area (Å²) in [5, 5.41) is 0. The lowest BCUT2D eigenvalue weighted by Crippen LogP contribution is -2.35. The van der Waals surface area contributed by atoms with Gasteiger partial charge in [-0.1, -0.05) is 17.9 Å². The topological polar surface area (TPSA) is 35.5 Å². The Morgan fingerprint density at radius 3 is 2.74 bits per heavy atom. The fourth-order valence-corrected chi connectivity index (χ4v) is 1.68. The predicted molar refractivity (Wildman–Crippen MR) is 74.0 cm³/mol. The second kappa shape index (κ2) is 9.03. The first-order chi connectivity index (χ1) is 9.24. The zero-order chi connectivity index (χ0) is 13.9. The van der Waals surface area contributed by atoms with Crippen molar-refractivity contribution in [1.82, 2.24) is 0 Å². The first-order valence-electron chi connectivity index (χ1n) is 6.31. The average molecular weight is 258 g/mol. The minimum absolute atomic E-state index is 0.210. The molecule has 3 heteroatoms. The maximum absolute atomic E-state index is 11.0. The summed E-state index contributed by atoms with van der Waals surface area (Å²) in [5.41, 5.74) is 0. The Bertz CT molecular complexity index is 466. The molecule has 1 fully saturated rings. The summed E-state index contributed by atoms with van der Waals surface area (Å²) in [6, 6.07) is 0. The SMILES string of the molecule is C/C=C/C#CC#C/C=C/[C@H]1OCCC[C@H]1OC(C)=O. The van der Waals surface area contributed by atoms with E-state index in [1.54, 1.807) is 12.2 Å². The molecule has 1 heterocycles. The molecule has 0 aromatic carbocycles. The average Bonchev–Trinajstić information content (AvgIpc) is 2.39. The molecule has 0 aromatic heterocycles. The Hall–Kier alpha value is -1.97. The highest BCUT2D eigenvalue weighted by atomic mass is 16.6. The van der Waals surface area contributed by atoms with Gasteiger partial charge >= 0.3 is 5.97 Å². The maximum Gasteiger partial charge on any atom is 0.303 e. The number of allylic oxidation sites excluding steroid dienone is 3. The fraction of sp³-hybridized carbons (Fsp3) is 0.438. The third-order valence-corrected chi connectivity index (χ3v) is 2.45. The Morgan fingerprint density at radius 1 is 1.32 bits per heavy atom. The van der Waals surface area contributed by atoms with Crippen LogP contribution in [0.25, 0.3) is 0 Å². The quantitative estimate of drug-likeness (QED) is 0.563. The van der Waals surface area contributed by atoms with Crippen LogP contribution in [0.15, 0.2) is 24.3 Å². The highest BCUT2D eigenvalue weighted by Gasteiger charge is 2.26. The van der Waals surface area contributed by atoms with Crippen molar-refractivity contribution in [2.75, 3.05) is 6.61 Å². The van der Waals surface area contributed by atoms with Crippen molar-refractivity contribution in [3.8, 4) is 23.7 Å². The normalized spacial score (nSPS) is 22.4. The molecule has 0 aliphatic carbocycles. The molecule has 100 valence electrons. The Balaban J connectivity index is 2.52. The third kappa shape index (κ3) is 6.50. The molecular weight excluding hydrogens is 240 g/mol. The lowest BCUT2D eigenvalue weighted by molar-refractivity contribution is -0.157. The van der Waals surface area contributed by atoms with Crippen LogP contribution < -0.4 is 0 Å². The first-order valence-corrected chi connectivity index (χ1v) is 6.31. The molecule has 0 N–H and O–H groups in total. The van der Waals surface area contributed by atoms with Crippen LogP contribution in [0.3, 0.4) is 0 Å². The Morgan fingerprint density at radius 2 is 2.05 bits per heavy atom. The van der Waals surface area contributed by atoms with Crippen LogP contribution in [0, 0.1) is 23.7 Å². The van der Waals surface area contributed by atoms with Gasteiger partial charge < -0.3 is 9.47 Å². The lowest BCUT2D eigenvalue weighted by Gasteiger charge is -2.28. The van der Waals surface area contributed by atoms with Crippen molar-refractivity contribution in [1.29, 1.82) is 0 Å². The van der Waals surface area contributed by atoms with E-state index in [2.05, 4.69) is 23.7 Å². The number of rotatable bonds is 2. The Labute approximate surface area is 114 Å². The van der Waals surface area contributed by atoms with Gasteiger partial charge in [-0.15, -0.1) is 0 Å². The zero-order valence-corrected chi connectivity index (χ0v) is 11.3.